The number of benzene rings is 12. The first-order valence-electron chi connectivity index (χ1n) is 27.5. The van der Waals surface area contributed by atoms with Gasteiger partial charge in [0.25, 0.3) is 0 Å². The Balaban J connectivity index is 1.11. The molecule has 0 spiro atoms. The van der Waals surface area contributed by atoms with Gasteiger partial charge in [-0.3, -0.25) is 0 Å². The van der Waals surface area contributed by atoms with E-state index in [2.05, 4.69) is 232 Å². The molecule has 2 aliphatic rings. The van der Waals surface area contributed by atoms with Crippen molar-refractivity contribution in [3.05, 3.63) is 301 Å². The van der Waals surface area contributed by atoms with Crippen molar-refractivity contribution >= 4 is 44.9 Å². The smallest absolute Gasteiger partial charge is 0.123 e. The molecule has 0 saturated carbocycles. The predicted molar refractivity (Wildman–Crippen MR) is 330 cm³/mol. The Kier molecular flexibility index (Phi) is 11.6. The number of nitrogens with zero attached hydrogens (tertiary/aromatic N) is 2. The summed E-state index contributed by atoms with van der Waals surface area (Å²) in [5.41, 5.74) is 21.4. The first kappa shape index (κ1) is 48.7. The van der Waals surface area contributed by atoms with E-state index in [4.69, 9.17) is 0 Å². The molecule has 0 radical (unpaired) electrons. The molecule has 384 valence electrons. The predicted octanol–water partition coefficient (Wildman–Crippen LogP) is 21.3. The molecule has 4 heteroatoms. The number of para-hydroxylation sites is 4. The van der Waals surface area contributed by atoms with Crippen LogP contribution in [0.4, 0.5) is 42.9 Å². The summed E-state index contributed by atoms with van der Waals surface area (Å²) in [5.74, 6) is -0.640. The molecule has 0 atom stereocenters. The van der Waals surface area contributed by atoms with Gasteiger partial charge in [-0.2, -0.15) is 0 Å². The number of rotatable bonds is 10. The number of halogens is 2. The van der Waals surface area contributed by atoms with Crippen LogP contribution < -0.4 is 9.80 Å². The van der Waals surface area contributed by atoms with Crippen LogP contribution in [0.25, 0.3) is 77.5 Å². The summed E-state index contributed by atoms with van der Waals surface area (Å²) >= 11 is 0. The van der Waals surface area contributed by atoms with Crippen LogP contribution in [-0.2, 0) is 10.8 Å². The molecular weight excluding hydrogens is 979 g/mol. The van der Waals surface area contributed by atoms with Crippen molar-refractivity contribution in [2.45, 2.75) is 38.5 Å². The molecule has 0 unspecified atom stereocenters. The van der Waals surface area contributed by atoms with Crippen LogP contribution in [0.1, 0.15) is 49.9 Å². The van der Waals surface area contributed by atoms with Crippen molar-refractivity contribution in [2.24, 2.45) is 0 Å². The lowest BCUT2D eigenvalue weighted by molar-refractivity contribution is 0.628. The highest BCUT2D eigenvalue weighted by molar-refractivity contribution is 6.19. The van der Waals surface area contributed by atoms with Gasteiger partial charge in [-0.15, -0.1) is 0 Å². The molecule has 0 fully saturated rings. The Hall–Kier alpha value is -9.64. The van der Waals surface area contributed by atoms with E-state index in [0.29, 0.717) is 0 Å². The fourth-order valence-electron chi connectivity index (χ4n) is 13.1. The van der Waals surface area contributed by atoms with Gasteiger partial charge in [0, 0.05) is 45.0 Å². The van der Waals surface area contributed by atoms with Crippen LogP contribution in [0, 0.1) is 11.6 Å². The normalized spacial score (nSPS) is 13.3. The maximum atomic E-state index is 16.7. The molecule has 12 aromatic rings. The van der Waals surface area contributed by atoms with Crippen LogP contribution in [0.5, 0.6) is 0 Å². The highest BCUT2D eigenvalue weighted by atomic mass is 19.1. The van der Waals surface area contributed by atoms with Gasteiger partial charge in [0.05, 0.1) is 0 Å². The summed E-state index contributed by atoms with van der Waals surface area (Å²) in [5, 5.41) is 1.95. The van der Waals surface area contributed by atoms with E-state index in [9.17, 15) is 0 Å². The average Bonchev–Trinajstić information content (AvgIpc) is 4.07. The van der Waals surface area contributed by atoms with Crippen LogP contribution in [-0.4, -0.2) is 0 Å². The van der Waals surface area contributed by atoms with E-state index < -0.39 is 10.8 Å². The SMILES string of the molecule is CC1(C)c2cc(N(c3ccccc3)c3ccccc3)ccc2-c2c1cc1c(-c3cc(F)ccc3-c3ccccc3)c3c(cc1c2-c1cc(F)ccc1-c1ccccc1)C(C)(C)c1cc(N(c2ccccc2)c2ccccc2)ccc1-3. The van der Waals surface area contributed by atoms with Gasteiger partial charge in [0.15, 0.2) is 0 Å². The molecule has 14 rings (SSSR count). The molecule has 0 bridgehead atoms. The van der Waals surface area contributed by atoms with Crippen molar-refractivity contribution in [3.8, 4) is 66.8 Å². The summed E-state index contributed by atoms with van der Waals surface area (Å²) in [6.07, 6.45) is 0. The van der Waals surface area contributed by atoms with E-state index in [0.717, 1.165) is 123 Å². The van der Waals surface area contributed by atoms with Gasteiger partial charge < -0.3 is 9.80 Å². The highest BCUT2D eigenvalue weighted by Crippen LogP contribution is 2.62. The molecule has 2 aliphatic carbocycles. The Bertz CT molecular complexity index is 3980. The highest BCUT2D eigenvalue weighted by Gasteiger charge is 2.43. The average molecular weight is 1040 g/mol. The topological polar surface area (TPSA) is 6.48 Å². The standard InChI is InChI=1S/C76H56F2N2/c1-75(2)67-45-57(79(53-27-15-7-16-28-53)54-29-17-8-18-30-54)37-41-61(67)73-69(75)47-65-66(71(73)63-43-51(77)35-39-59(63)49-23-11-5-12-24-49)48-70-74(72(65)64-44-52(78)36-40-60(64)50-25-13-6-14-26-50)62-42-38-58(46-68(62)76(70,3)4)80(55-31-19-9-20-32-55)56-33-21-10-22-34-56/h5-48H,1-4H3. The van der Waals surface area contributed by atoms with Crippen molar-refractivity contribution in [1.29, 1.82) is 0 Å². The monoisotopic (exact) mass is 1030 g/mol. The number of hydrogen-bond acceptors (Lipinski definition) is 2. The molecule has 0 N–H and O–H groups in total. The number of fused-ring (bicyclic) bond motifs is 7. The number of anilines is 6. The minimum Gasteiger partial charge on any atom is -0.310 e. The van der Waals surface area contributed by atoms with E-state index >= 15 is 8.78 Å². The van der Waals surface area contributed by atoms with E-state index in [1.54, 1.807) is 24.3 Å². The summed E-state index contributed by atoms with van der Waals surface area (Å²) in [4.78, 5) is 4.64. The van der Waals surface area contributed by atoms with Crippen molar-refractivity contribution < 1.29 is 8.78 Å². The lowest BCUT2D eigenvalue weighted by atomic mass is 9.75. The maximum Gasteiger partial charge on any atom is 0.123 e. The van der Waals surface area contributed by atoms with E-state index in [1.165, 1.54) is 11.1 Å². The third-order valence-electron chi connectivity index (χ3n) is 16.9. The first-order valence-corrected chi connectivity index (χ1v) is 27.5. The molecule has 0 heterocycles. The van der Waals surface area contributed by atoms with Crippen LogP contribution >= 0.6 is 0 Å². The van der Waals surface area contributed by atoms with Gasteiger partial charge in [-0.25, -0.2) is 8.78 Å². The summed E-state index contributed by atoms with van der Waals surface area (Å²) in [7, 11) is 0. The maximum absolute atomic E-state index is 16.7. The zero-order chi connectivity index (χ0) is 54.3. The van der Waals surface area contributed by atoms with Crippen LogP contribution in [0.15, 0.2) is 267 Å². The van der Waals surface area contributed by atoms with Gasteiger partial charge in [0.1, 0.15) is 11.6 Å². The second-order valence-corrected chi connectivity index (χ2v) is 22.3. The Labute approximate surface area is 467 Å². The van der Waals surface area contributed by atoms with Crippen molar-refractivity contribution in [1.82, 2.24) is 0 Å². The third kappa shape index (κ3) is 7.88. The van der Waals surface area contributed by atoms with Crippen LogP contribution in [0.2, 0.25) is 0 Å². The minimum absolute atomic E-state index is 0.320. The quantitative estimate of drug-likeness (QED) is 0.135. The lowest BCUT2D eigenvalue weighted by Crippen LogP contribution is -2.17. The summed E-state index contributed by atoms with van der Waals surface area (Å²) in [6.45, 7) is 9.30. The van der Waals surface area contributed by atoms with Gasteiger partial charge in [0.2, 0.25) is 0 Å². The zero-order valence-electron chi connectivity index (χ0n) is 45.1. The van der Waals surface area contributed by atoms with E-state index in [-0.39, 0.29) is 11.6 Å². The van der Waals surface area contributed by atoms with Gasteiger partial charge in [-0.1, -0.05) is 185 Å². The largest absolute Gasteiger partial charge is 0.310 e. The van der Waals surface area contributed by atoms with Crippen molar-refractivity contribution in [3.63, 3.8) is 0 Å². The van der Waals surface area contributed by atoms with Crippen LogP contribution in [0.3, 0.4) is 0 Å². The summed E-state index contributed by atoms with van der Waals surface area (Å²) < 4.78 is 33.3. The van der Waals surface area contributed by atoms with Crippen molar-refractivity contribution in [2.75, 3.05) is 9.80 Å². The molecule has 2 nitrogen and oxygen atoms in total. The van der Waals surface area contributed by atoms with E-state index in [1.807, 2.05) is 48.5 Å². The zero-order valence-corrected chi connectivity index (χ0v) is 45.1. The molecule has 0 aliphatic heterocycles. The fraction of sp³-hybridized carbons (Fsp3) is 0.0789. The lowest BCUT2D eigenvalue weighted by Gasteiger charge is -2.29. The minimum atomic E-state index is -0.562. The third-order valence-corrected chi connectivity index (χ3v) is 16.9. The second kappa shape index (κ2) is 19.1. The molecule has 0 amide bonds. The molecular formula is C76H56F2N2. The molecule has 80 heavy (non-hydrogen) atoms. The second-order valence-electron chi connectivity index (χ2n) is 22.3. The Morgan fingerprint density at radius 3 is 0.875 bits per heavy atom. The fourth-order valence-corrected chi connectivity index (χ4v) is 13.1. The first-order chi connectivity index (χ1) is 39.0. The Morgan fingerprint density at radius 1 is 0.250 bits per heavy atom. The molecule has 0 aromatic heterocycles. The van der Waals surface area contributed by atoms with Gasteiger partial charge >= 0.3 is 0 Å². The molecule has 12 aromatic carbocycles. The molecule has 0 saturated heterocycles. The van der Waals surface area contributed by atoms with Gasteiger partial charge in [-0.05, 0) is 209 Å². The number of hydrogen-bond donors (Lipinski definition) is 0. The Morgan fingerprint density at radius 2 is 0.550 bits per heavy atom. The summed E-state index contributed by atoms with van der Waals surface area (Å²) in [6, 6.07) is 91.9.